The smallest absolute Gasteiger partial charge is 0.274 e. The summed E-state index contributed by atoms with van der Waals surface area (Å²) in [7, 11) is -1.48. The van der Waals surface area contributed by atoms with Crippen LogP contribution in [0.2, 0.25) is 0 Å². The zero-order valence-corrected chi connectivity index (χ0v) is 18.1. The van der Waals surface area contributed by atoms with Crippen molar-refractivity contribution < 1.29 is 13.5 Å². The maximum Gasteiger partial charge on any atom is 0.274 e. The highest BCUT2D eigenvalue weighted by molar-refractivity contribution is 7.92. The van der Waals surface area contributed by atoms with E-state index in [1.165, 1.54) is 4.68 Å². The molecule has 0 bridgehead atoms. The van der Waals surface area contributed by atoms with Gasteiger partial charge in [0.25, 0.3) is 5.56 Å². The van der Waals surface area contributed by atoms with E-state index < -0.39 is 16.1 Å². The average Bonchev–Trinajstić information content (AvgIpc) is 2.69. The molecule has 0 aliphatic heterocycles. The van der Waals surface area contributed by atoms with E-state index in [9.17, 15) is 18.3 Å². The van der Waals surface area contributed by atoms with E-state index in [0.717, 1.165) is 17.3 Å². The Morgan fingerprint density at radius 2 is 1.77 bits per heavy atom. The van der Waals surface area contributed by atoms with Gasteiger partial charge in [0.05, 0.1) is 30.0 Å². The Morgan fingerprint density at radius 3 is 2.40 bits per heavy atom. The maximum atomic E-state index is 12.7. The van der Waals surface area contributed by atoms with Crippen molar-refractivity contribution in [2.75, 3.05) is 31.1 Å². The first-order valence-corrected chi connectivity index (χ1v) is 11.4. The van der Waals surface area contributed by atoms with Gasteiger partial charge >= 0.3 is 0 Å². The van der Waals surface area contributed by atoms with E-state index in [-0.39, 0.29) is 5.56 Å². The fraction of sp³-hybridized carbons (Fsp3) is 0.333. The average molecular weight is 431 g/mol. The van der Waals surface area contributed by atoms with Crippen molar-refractivity contribution >= 4 is 26.5 Å². The zero-order valence-electron chi connectivity index (χ0n) is 17.2. The van der Waals surface area contributed by atoms with E-state index in [1.54, 1.807) is 30.3 Å². The van der Waals surface area contributed by atoms with Gasteiger partial charge in [-0.25, -0.2) is 13.1 Å². The van der Waals surface area contributed by atoms with Gasteiger partial charge in [0.1, 0.15) is 0 Å². The minimum atomic E-state index is -3.34. The third kappa shape index (κ3) is 5.44. The first-order chi connectivity index (χ1) is 14.1. The number of hydrogen-bond acceptors (Lipinski definition) is 6. The summed E-state index contributed by atoms with van der Waals surface area (Å²) in [6.07, 6.45) is 0.340. The Balaban J connectivity index is 1.62. The van der Waals surface area contributed by atoms with Gasteiger partial charge in [-0.1, -0.05) is 30.3 Å². The monoisotopic (exact) mass is 430 g/mol. The van der Waals surface area contributed by atoms with Gasteiger partial charge in [-0.2, -0.15) is 5.10 Å². The number of aliphatic hydroxyl groups is 1. The first kappa shape index (κ1) is 21.9. The molecule has 9 heteroatoms. The highest BCUT2D eigenvalue weighted by Crippen LogP contribution is 2.18. The number of hydrogen-bond donors (Lipinski definition) is 2. The first-order valence-electron chi connectivity index (χ1n) is 9.55. The van der Waals surface area contributed by atoms with Crippen molar-refractivity contribution in [3.8, 4) is 0 Å². The summed E-state index contributed by atoms with van der Waals surface area (Å²) >= 11 is 0. The molecular weight excluding hydrogens is 404 g/mol. The van der Waals surface area contributed by atoms with Crippen molar-refractivity contribution in [2.24, 2.45) is 0 Å². The summed E-state index contributed by atoms with van der Waals surface area (Å²) in [5.41, 5.74) is 1.80. The number of rotatable bonds is 8. The number of nitrogens with one attached hydrogen (secondary N) is 1. The maximum absolute atomic E-state index is 12.7. The van der Waals surface area contributed by atoms with Gasteiger partial charge in [0.15, 0.2) is 0 Å². The van der Waals surface area contributed by atoms with E-state index in [2.05, 4.69) is 9.82 Å². The Labute approximate surface area is 175 Å². The zero-order chi connectivity index (χ0) is 21.9. The van der Waals surface area contributed by atoms with Crippen LogP contribution in [0.4, 0.5) is 5.69 Å². The lowest BCUT2D eigenvalue weighted by molar-refractivity contribution is 0.124. The van der Waals surface area contributed by atoms with Crippen LogP contribution in [0.25, 0.3) is 10.8 Å². The minimum absolute atomic E-state index is 0.126. The van der Waals surface area contributed by atoms with Crippen LogP contribution in [-0.4, -0.2) is 54.6 Å². The second kappa shape index (κ2) is 8.95. The van der Waals surface area contributed by atoms with Crippen LogP contribution in [-0.2, 0) is 16.6 Å². The fourth-order valence-electron chi connectivity index (χ4n) is 3.30. The van der Waals surface area contributed by atoms with E-state index in [4.69, 9.17) is 0 Å². The Morgan fingerprint density at radius 1 is 1.13 bits per heavy atom. The number of aliphatic hydroxyl groups excluding tert-OH is 1. The van der Waals surface area contributed by atoms with Crippen molar-refractivity contribution in [2.45, 2.75) is 19.6 Å². The molecule has 1 heterocycles. The Bertz CT molecular complexity index is 1190. The molecule has 2 aromatic carbocycles. The number of aromatic nitrogens is 2. The third-order valence-electron chi connectivity index (χ3n) is 4.83. The number of aryl methyl sites for hydroxylation is 1. The Kier molecular flexibility index (Phi) is 6.55. The molecular formula is C21H26N4O4S. The number of fused-ring (bicyclic) bond motifs is 1. The molecule has 0 amide bonds. The number of benzene rings is 2. The van der Waals surface area contributed by atoms with Gasteiger partial charge in [0, 0.05) is 24.2 Å². The lowest BCUT2D eigenvalue weighted by Gasteiger charge is -2.21. The molecule has 3 aromatic rings. The second-order valence-corrected chi connectivity index (χ2v) is 9.18. The summed E-state index contributed by atoms with van der Waals surface area (Å²) in [4.78, 5) is 14.6. The fourth-order valence-corrected chi connectivity index (χ4v) is 3.87. The van der Waals surface area contributed by atoms with Gasteiger partial charge in [-0.3, -0.25) is 9.52 Å². The number of likely N-dealkylation sites (N-methyl/N-ethyl adjacent to an activating group) is 1. The molecule has 0 aliphatic carbocycles. The number of anilines is 1. The molecule has 160 valence electrons. The largest absolute Gasteiger partial charge is 0.387 e. The molecule has 0 spiro atoms. The second-order valence-electron chi connectivity index (χ2n) is 7.43. The summed E-state index contributed by atoms with van der Waals surface area (Å²) in [5.74, 6) is 0. The van der Waals surface area contributed by atoms with Crippen molar-refractivity contribution in [3.05, 3.63) is 70.1 Å². The van der Waals surface area contributed by atoms with Crippen LogP contribution in [0, 0.1) is 6.92 Å². The lowest BCUT2D eigenvalue weighted by atomic mass is 10.1. The van der Waals surface area contributed by atoms with E-state index in [1.807, 2.05) is 37.1 Å². The Hall–Kier alpha value is -2.75. The molecule has 0 aliphatic rings. The van der Waals surface area contributed by atoms with Crippen LogP contribution in [0.1, 0.15) is 17.4 Å². The van der Waals surface area contributed by atoms with Gasteiger partial charge in [0.2, 0.25) is 10.0 Å². The normalized spacial score (nSPS) is 13.0. The van der Waals surface area contributed by atoms with Crippen LogP contribution < -0.4 is 10.3 Å². The highest BCUT2D eigenvalue weighted by atomic mass is 32.2. The van der Waals surface area contributed by atoms with Crippen LogP contribution in [0.15, 0.2) is 53.3 Å². The van der Waals surface area contributed by atoms with Crippen LogP contribution >= 0.6 is 0 Å². The molecule has 2 N–H and O–H groups in total. The van der Waals surface area contributed by atoms with Gasteiger partial charge in [-0.15, -0.1) is 0 Å². The summed E-state index contributed by atoms with van der Waals surface area (Å²) < 4.78 is 26.4. The molecule has 0 saturated carbocycles. The highest BCUT2D eigenvalue weighted by Gasteiger charge is 2.13. The standard InChI is InChI=1S/C21H26N4O4S/c1-15-18-6-4-5-7-19(18)21(27)25(22-15)13-12-24(2)14-20(26)16-8-10-17(11-9-16)23-30(3,28)29/h4-11,20,23,26H,12-14H2,1-3H3. The van der Waals surface area contributed by atoms with Crippen LogP contribution in [0.3, 0.4) is 0 Å². The molecule has 1 unspecified atom stereocenters. The van der Waals surface area contributed by atoms with Crippen molar-refractivity contribution in [1.29, 1.82) is 0 Å². The minimum Gasteiger partial charge on any atom is -0.387 e. The molecule has 1 aromatic heterocycles. The third-order valence-corrected chi connectivity index (χ3v) is 5.44. The van der Waals surface area contributed by atoms with E-state index >= 15 is 0 Å². The molecule has 30 heavy (non-hydrogen) atoms. The van der Waals surface area contributed by atoms with Gasteiger partial charge < -0.3 is 10.0 Å². The van der Waals surface area contributed by atoms with Gasteiger partial charge in [-0.05, 0) is 37.7 Å². The topological polar surface area (TPSA) is 105 Å². The number of sulfonamides is 1. The molecule has 8 nitrogen and oxygen atoms in total. The molecule has 0 fully saturated rings. The summed E-state index contributed by atoms with van der Waals surface area (Å²) in [5, 5.41) is 16.4. The van der Waals surface area contributed by atoms with Crippen LogP contribution in [0.5, 0.6) is 0 Å². The molecule has 1 atom stereocenters. The predicted molar refractivity (Wildman–Crippen MR) is 118 cm³/mol. The van der Waals surface area contributed by atoms with Crippen molar-refractivity contribution in [1.82, 2.24) is 14.7 Å². The van der Waals surface area contributed by atoms with Crippen molar-refractivity contribution in [3.63, 3.8) is 0 Å². The number of nitrogens with zero attached hydrogens (tertiary/aromatic N) is 3. The summed E-state index contributed by atoms with van der Waals surface area (Å²) in [6, 6.07) is 14.0. The lowest BCUT2D eigenvalue weighted by Crippen LogP contribution is -2.32. The molecule has 0 saturated heterocycles. The SMILES string of the molecule is Cc1nn(CCN(C)CC(O)c2ccc(NS(C)(=O)=O)cc2)c(=O)c2ccccc12. The molecule has 3 rings (SSSR count). The van der Waals surface area contributed by atoms with E-state index in [0.29, 0.717) is 36.3 Å². The molecule has 0 radical (unpaired) electrons. The summed E-state index contributed by atoms with van der Waals surface area (Å²) in [6.45, 7) is 3.19. The predicted octanol–water partition coefficient (Wildman–Crippen LogP) is 1.74. The quantitative estimate of drug-likeness (QED) is 0.564.